The zero-order valence-electron chi connectivity index (χ0n) is 13.2. The molecule has 2 aromatic rings. The van der Waals surface area contributed by atoms with Crippen molar-refractivity contribution in [1.82, 2.24) is 0 Å². The Morgan fingerprint density at radius 3 is 2.57 bits per heavy atom. The smallest absolute Gasteiger partial charge is 0.235 e. The Bertz CT molecular complexity index is 693. The molecular formula is C19H21NO3. The van der Waals surface area contributed by atoms with Crippen LogP contribution in [0.3, 0.4) is 0 Å². The van der Waals surface area contributed by atoms with Crippen LogP contribution in [0.15, 0.2) is 48.5 Å². The lowest BCUT2D eigenvalue weighted by molar-refractivity contribution is -0.118. The monoisotopic (exact) mass is 311 g/mol. The summed E-state index contributed by atoms with van der Waals surface area (Å²) >= 11 is 0. The number of ether oxygens (including phenoxy) is 1. The number of carbonyl (C=O) groups excluding carboxylic acids is 1. The molecular weight excluding hydrogens is 290 g/mol. The summed E-state index contributed by atoms with van der Waals surface area (Å²) in [6, 6.07) is 15.2. The number of aliphatic hydroxyl groups is 1. The molecule has 4 heteroatoms. The molecule has 0 bridgehead atoms. The van der Waals surface area contributed by atoms with Crippen molar-refractivity contribution in [2.24, 2.45) is 0 Å². The van der Waals surface area contributed by atoms with Gasteiger partial charge in [0.1, 0.15) is 5.75 Å². The van der Waals surface area contributed by atoms with Gasteiger partial charge in [-0.3, -0.25) is 4.79 Å². The molecule has 0 aromatic heterocycles. The van der Waals surface area contributed by atoms with E-state index < -0.39 is 5.41 Å². The molecule has 2 aromatic carbocycles. The Labute approximate surface area is 136 Å². The summed E-state index contributed by atoms with van der Waals surface area (Å²) in [4.78, 5) is 12.7. The van der Waals surface area contributed by atoms with E-state index in [-0.39, 0.29) is 12.5 Å². The molecule has 1 saturated carbocycles. The molecule has 0 spiro atoms. The Hall–Kier alpha value is -2.33. The summed E-state index contributed by atoms with van der Waals surface area (Å²) in [7, 11) is 0. The van der Waals surface area contributed by atoms with E-state index in [0.717, 1.165) is 18.4 Å². The predicted molar refractivity (Wildman–Crippen MR) is 89.5 cm³/mol. The van der Waals surface area contributed by atoms with E-state index in [2.05, 4.69) is 5.32 Å². The van der Waals surface area contributed by atoms with Crippen LogP contribution in [0, 0.1) is 0 Å². The molecule has 0 saturated heterocycles. The average Bonchev–Trinajstić information content (AvgIpc) is 3.39. The van der Waals surface area contributed by atoms with Gasteiger partial charge in [0.05, 0.1) is 18.6 Å². The zero-order valence-corrected chi connectivity index (χ0v) is 13.2. The maximum atomic E-state index is 12.7. The van der Waals surface area contributed by atoms with E-state index in [0.29, 0.717) is 23.6 Å². The van der Waals surface area contributed by atoms with E-state index in [9.17, 15) is 9.90 Å². The van der Waals surface area contributed by atoms with E-state index >= 15 is 0 Å². The second kappa shape index (κ2) is 6.42. The van der Waals surface area contributed by atoms with Crippen LogP contribution >= 0.6 is 0 Å². The molecule has 0 radical (unpaired) electrons. The van der Waals surface area contributed by atoms with Gasteiger partial charge in [-0.15, -0.1) is 0 Å². The molecule has 0 aliphatic heterocycles. The minimum absolute atomic E-state index is 0.0109. The van der Waals surface area contributed by atoms with Gasteiger partial charge >= 0.3 is 0 Å². The second-order valence-electron chi connectivity index (χ2n) is 5.82. The topological polar surface area (TPSA) is 58.6 Å². The molecule has 1 aliphatic carbocycles. The maximum absolute atomic E-state index is 12.7. The first kappa shape index (κ1) is 15.6. The van der Waals surface area contributed by atoms with Crippen molar-refractivity contribution in [2.75, 3.05) is 11.9 Å². The summed E-state index contributed by atoms with van der Waals surface area (Å²) in [5.74, 6) is 0.661. The number of nitrogens with one attached hydrogen (secondary N) is 1. The normalized spacial score (nSPS) is 15.0. The number of hydrogen-bond acceptors (Lipinski definition) is 3. The number of carbonyl (C=O) groups is 1. The highest BCUT2D eigenvalue weighted by Gasteiger charge is 2.51. The molecule has 120 valence electrons. The van der Waals surface area contributed by atoms with Gasteiger partial charge in [0.25, 0.3) is 0 Å². The molecule has 2 N–H and O–H groups in total. The highest BCUT2D eigenvalue weighted by Crippen LogP contribution is 2.49. The minimum atomic E-state index is -0.404. The first-order valence-electron chi connectivity index (χ1n) is 7.93. The van der Waals surface area contributed by atoms with E-state index in [1.165, 1.54) is 0 Å². The van der Waals surface area contributed by atoms with Gasteiger partial charge in [0, 0.05) is 11.3 Å². The molecule has 0 atom stereocenters. The number of hydrogen-bond donors (Lipinski definition) is 2. The number of benzene rings is 2. The number of aliphatic hydroxyl groups excluding tert-OH is 1. The minimum Gasteiger partial charge on any atom is -0.494 e. The zero-order chi connectivity index (χ0) is 16.3. The fourth-order valence-corrected chi connectivity index (χ4v) is 2.86. The van der Waals surface area contributed by atoms with Crippen LogP contribution in [0.4, 0.5) is 5.69 Å². The summed E-state index contributed by atoms with van der Waals surface area (Å²) in [5.41, 5.74) is 2.02. The highest BCUT2D eigenvalue weighted by atomic mass is 16.5. The highest BCUT2D eigenvalue weighted by molar-refractivity contribution is 6.01. The van der Waals surface area contributed by atoms with Gasteiger partial charge in [0.15, 0.2) is 0 Å². The molecule has 0 unspecified atom stereocenters. The van der Waals surface area contributed by atoms with Crippen LogP contribution in [0.2, 0.25) is 0 Å². The van der Waals surface area contributed by atoms with E-state index in [1.54, 1.807) is 12.1 Å². The van der Waals surface area contributed by atoms with Crippen LogP contribution < -0.4 is 10.1 Å². The van der Waals surface area contributed by atoms with Crippen LogP contribution in [-0.2, 0) is 16.8 Å². The van der Waals surface area contributed by atoms with Crippen LogP contribution in [0.1, 0.15) is 30.9 Å². The Morgan fingerprint density at radius 1 is 1.22 bits per heavy atom. The third-order valence-electron chi connectivity index (χ3n) is 4.30. The van der Waals surface area contributed by atoms with Crippen molar-refractivity contribution < 1.29 is 14.6 Å². The molecule has 4 nitrogen and oxygen atoms in total. The second-order valence-corrected chi connectivity index (χ2v) is 5.82. The third-order valence-corrected chi connectivity index (χ3v) is 4.30. The standard InChI is InChI=1S/C19H21NO3/c1-2-23-17-9-8-16(12-14(17)13-21)20-18(22)19(10-11-19)15-6-4-3-5-7-15/h3-9,12,21H,2,10-11,13H2,1H3,(H,20,22). The van der Waals surface area contributed by atoms with Crippen molar-refractivity contribution in [3.63, 3.8) is 0 Å². The average molecular weight is 311 g/mol. The van der Waals surface area contributed by atoms with Crippen molar-refractivity contribution in [2.45, 2.75) is 31.8 Å². The molecule has 1 amide bonds. The van der Waals surface area contributed by atoms with Gasteiger partial charge in [-0.25, -0.2) is 0 Å². The van der Waals surface area contributed by atoms with E-state index in [4.69, 9.17) is 4.74 Å². The molecule has 1 aliphatic rings. The first-order valence-corrected chi connectivity index (χ1v) is 7.93. The summed E-state index contributed by atoms with van der Waals surface area (Å²) in [6.45, 7) is 2.31. The van der Waals surface area contributed by atoms with Crippen LogP contribution in [0.25, 0.3) is 0 Å². The van der Waals surface area contributed by atoms with Gasteiger partial charge < -0.3 is 15.2 Å². The number of amides is 1. The third kappa shape index (κ3) is 3.08. The van der Waals surface area contributed by atoms with Gasteiger partial charge in [-0.05, 0) is 43.5 Å². The van der Waals surface area contributed by atoms with Crippen molar-refractivity contribution in [3.8, 4) is 5.75 Å². The largest absolute Gasteiger partial charge is 0.494 e. The molecule has 0 heterocycles. The fourth-order valence-electron chi connectivity index (χ4n) is 2.86. The SMILES string of the molecule is CCOc1ccc(NC(=O)C2(c3ccccc3)CC2)cc1CO. The molecule has 23 heavy (non-hydrogen) atoms. The van der Waals surface area contributed by atoms with Crippen LogP contribution in [0.5, 0.6) is 5.75 Å². The van der Waals surface area contributed by atoms with Crippen LogP contribution in [-0.4, -0.2) is 17.6 Å². The van der Waals surface area contributed by atoms with E-state index in [1.807, 2.05) is 43.3 Å². The molecule has 3 rings (SSSR count). The predicted octanol–water partition coefficient (Wildman–Crippen LogP) is 3.25. The quantitative estimate of drug-likeness (QED) is 0.861. The van der Waals surface area contributed by atoms with Gasteiger partial charge in [0.2, 0.25) is 5.91 Å². The lowest BCUT2D eigenvalue weighted by Crippen LogP contribution is -2.27. The number of anilines is 1. The maximum Gasteiger partial charge on any atom is 0.235 e. The Kier molecular flexibility index (Phi) is 4.35. The fraction of sp³-hybridized carbons (Fsp3) is 0.316. The van der Waals surface area contributed by atoms with Gasteiger partial charge in [-0.2, -0.15) is 0 Å². The van der Waals surface area contributed by atoms with Crippen molar-refractivity contribution >= 4 is 11.6 Å². The van der Waals surface area contributed by atoms with Gasteiger partial charge in [-0.1, -0.05) is 30.3 Å². The Morgan fingerprint density at radius 2 is 1.96 bits per heavy atom. The lowest BCUT2D eigenvalue weighted by atomic mass is 9.95. The first-order chi connectivity index (χ1) is 11.2. The summed E-state index contributed by atoms with van der Waals surface area (Å²) in [5, 5.41) is 12.4. The summed E-state index contributed by atoms with van der Waals surface area (Å²) in [6.07, 6.45) is 1.74. The number of rotatable bonds is 6. The summed E-state index contributed by atoms with van der Waals surface area (Å²) < 4.78 is 5.46. The Balaban J connectivity index is 1.78. The lowest BCUT2D eigenvalue weighted by Gasteiger charge is -2.17. The molecule has 1 fully saturated rings. The van der Waals surface area contributed by atoms with Crippen molar-refractivity contribution in [3.05, 3.63) is 59.7 Å². The van der Waals surface area contributed by atoms with Crippen molar-refractivity contribution in [1.29, 1.82) is 0 Å².